The second-order valence-electron chi connectivity index (χ2n) is 12.7. The van der Waals surface area contributed by atoms with Gasteiger partial charge in [0.25, 0.3) is 0 Å². The van der Waals surface area contributed by atoms with Crippen LogP contribution in [0.15, 0.2) is 0 Å². The van der Waals surface area contributed by atoms with Gasteiger partial charge in [-0.1, -0.05) is 156 Å². The van der Waals surface area contributed by atoms with Gasteiger partial charge in [0, 0.05) is 7.26 Å². The average Bonchev–Trinajstić information content (AvgIpc) is 2.91. The molecule has 38 heavy (non-hydrogen) atoms. The lowest BCUT2D eigenvalue weighted by Crippen LogP contribution is -3.00. The lowest BCUT2D eigenvalue weighted by atomic mass is 10.1. The first kappa shape index (κ1) is 41.0. The minimum absolute atomic E-state index is 0. The molecule has 0 aliphatic rings. The number of halogens is 1. The molecule has 0 fully saturated rings. The molecule has 0 atom stereocenters. The molecule has 0 aromatic rings. The normalized spacial score (nSPS) is 11.7. The van der Waals surface area contributed by atoms with Gasteiger partial charge in [-0.05, 0) is 51.4 Å². The monoisotopic (exact) mass is 618 g/mol. The minimum atomic E-state index is -0.725. The molecule has 232 valence electrons. The van der Waals surface area contributed by atoms with Crippen LogP contribution in [0.4, 0.5) is 0 Å². The maximum Gasteiger partial charge on any atom is 0.0594 e. The van der Waals surface area contributed by atoms with Crippen LogP contribution in [0.5, 0.6) is 0 Å². The van der Waals surface area contributed by atoms with Crippen LogP contribution < -0.4 is 17.0 Å². The Labute approximate surface area is 255 Å². The molecule has 2 heteroatoms. The summed E-state index contributed by atoms with van der Waals surface area (Å²) in [7, 11) is -0.725. The van der Waals surface area contributed by atoms with E-state index in [4.69, 9.17) is 0 Å². The highest BCUT2D eigenvalue weighted by Gasteiger charge is 2.34. The third kappa shape index (κ3) is 28.4. The van der Waals surface area contributed by atoms with E-state index in [0.29, 0.717) is 0 Å². The maximum atomic E-state index is 2.38. The summed E-state index contributed by atoms with van der Waals surface area (Å²) in [5, 5.41) is 0. The van der Waals surface area contributed by atoms with Gasteiger partial charge >= 0.3 is 0 Å². The summed E-state index contributed by atoms with van der Waals surface area (Å²) in [5.74, 6) is 0. The van der Waals surface area contributed by atoms with Crippen LogP contribution in [0, 0.1) is 0 Å². The molecule has 0 saturated carbocycles. The average molecular weight is 620 g/mol. The van der Waals surface area contributed by atoms with Gasteiger partial charge in [0.15, 0.2) is 0 Å². The fourth-order valence-corrected chi connectivity index (χ4v) is 11.2. The molecule has 0 bridgehead atoms. The van der Waals surface area contributed by atoms with E-state index in [1.54, 1.807) is 50.3 Å². The lowest BCUT2D eigenvalue weighted by Gasteiger charge is -2.28. The number of hydrogen-bond acceptors (Lipinski definition) is 0. The Hall–Kier alpha value is 0.910. The van der Waals surface area contributed by atoms with E-state index >= 15 is 0 Å². The fraction of sp³-hybridized carbons (Fsp3) is 1.00. The van der Waals surface area contributed by atoms with Crippen LogP contribution in [0.2, 0.25) is 0 Å². The highest BCUT2D eigenvalue weighted by atomic mass is 79.9. The van der Waals surface area contributed by atoms with E-state index in [9.17, 15) is 0 Å². The predicted molar refractivity (Wildman–Crippen MR) is 178 cm³/mol. The van der Waals surface area contributed by atoms with Crippen molar-refractivity contribution < 1.29 is 17.0 Å². The summed E-state index contributed by atoms with van der Waals surface area (Å²) >= 11 is 0. The van der Waals surface area contributed by atoms with Gasteiger partial charge < -0.3 is 17.0 Å². The largest absolute Gasteiger partial charge is 1.00 e. The first-order valence-electron chi connectivity index (χ1n) is 18.1. The van der Waals surface area contributed by atoms with Crippen molar-refractivity contribution in [2.45, 2.75) is 207 Å². The summed E-state index contributed by atoms with van der Waals surface area (Å²) in [4.78, 5) is 0. The van der Waals surface area contributed by atoms with E-state index in [2.05, 4.69) is 27.7 Å². The molecule has 0 aromatic heterocycles. The highest BCUT2D eigenvalue weighted by molar-refractivity contribution is 7.75. The standard InChI is InChI=1S/C36H76P.BrH/c1-5-9-13-17-19-21-23-25-27-31-35-37(33-29-15-11-7-3,34-30-16-12-8-4)36-32-28-26-24-22-20-18-14-10-6-2;/h5-36H2,1-4H3;1H/q+1;/p-1. The smallest absolute Gasteiger partial charge is 0.0594 e. The van der Waals surface area contributed by atoms with Gasteiger partial charge in [0.05, 0.1) is 24.6 Å². The van der Waals surface area contributed by atoms with Crippen LogP contribution in [-0.2, 0) is 0 Å². The quantitative estimate of drug-likeness (QED) is 0.0519. The molecule has 0 aliphatic heterocycles. The zero-order chi connectivity index (χ0) is 27.1. The Morgan fingerprint density at radius 3 is 0.605 bits per heavy atom. The Kier molecular flexibility index (Phi) is 36.8. The van der Waals surface area contributed by atoms with Crippen molar-refractivity contribution in [2.24, 2.45) is 0 Å². The first-order valence-corrected chi connectivity index (χ1v) is 20.6. The van der Waals surface area contributed by atoms with Crippen LogP contribution in [-0.4, -0.2) is 24.6 Å². The van der Waals surface area contributed by atoms with Crippen molar-refractivity contribution in [3.63, 3.8) is 0 Å². The van der Waals surface area contributed by atoms with E-state index in [0.717, 1.165) is 0 Å². The number of rotatable bonds is 32. The van der Waals surface area contributed by atoms with Crippen molar-refractivity contribution in [1.82, 2.24) is 0 Å². The van der Waals surface area contributed by atoms with Gasteiger partial charge in [-0.25, -0.2) is 0 Å². The predicted octanol–water partition coefficient (Wildman–Crippen LogP) is 11.0. The fourth-order valence-electron chi connectivity index (χ4n) is 6.29. The van der Waals surface area contributed by atoms with E-state index in [-0.39, 0.29) is 17.0 Å². The van der Waals surface area contributed by atoms with E-state index < -0.39 is 7.26 Å². The summed E-state index contributed by atoms with van der Waals surface area (Å²) < 4.78 is 0. The molecule has 0 aromatic carbocycles. The topological polar surface area (TPSA) is 0 Å². The Morgan fingerprint density at radius 2 is 0.395 bits per heavy atom. The molecular weight excluding hydrogens is 543 g/mol. The van der Waals surface area contributed by atoms with E-state index in [1.807, 2.05) is 0 Å². The van der Waals surface area contributed by atoms with Crippen LogP contribution in [0.3, 0.4) is 0 Å². The third-order valence-corrected chi connectivity index (χ3v) is 14.0. The van der Waals surface area contributed by atoms with Crippen LogP contribution in [0.25, 0.3) is 0 Å². The Bertz CT molecular complexity index is 372. The van der Waals surface area contributed by atoms with Gasteiger partial charge in [-0.15, -0.1) is 0 Å². The molecule has 0 heterocycles. The van der Waals surface area contributed by atoms with Gasteiger partial charge in [-0.3, -0.25) is 0 Å². The molecule has 0 amide bonds. The summed E-state index contributed by atoms with van der Waals surface area (Å²) in [6, 6.07) is 0. The van der Waals surface area contributed by atoms with Gasteiger partial charge in [0.2, 0.25) is 0 Å². The SMILES string of the molecule is CCCCCCCCCCCC[P+](CCCCCC)(CCCCCC)CCCCCCCCCCCC.[Br-]. The zero-order valence-electron chi connectivity index (χ0n) is 27.5. The first-order chi connectivity index (χ1) is 18.2. The molecule has 0 saturated heterocycles. The van der Waals surface area contributed by atoms with Gasteiger partial charge in [0.1, 0.15) is 0 Å². The van der Waals surface area contributed by atoms with E-state index in [1.165, 1.54) is 154 Å². The second-order valence-corrected chi connectivity index (χ2v) is 17.2. The van der Waals surface area contributed by atoms with Crippen molar-refractivity contribution >= 4 is 7.26 Å². The molecule has 0 unspecified atom stereocenters. The van der Waals surface area contributed by atoms with Crippen LogP contribution >= 0.6 is 7.26 Å². The Morgan fingerprint density at radius 1 is 0.237 bits per heavy atom. The van der Waals surface area contributed by atoms with Crippen molar-refractivity contribution in [2.75, 3.05) is 24.6 Å². The molecule has 0 spiro atoms. The third-order valence-electron chi connectivity index (χ3n) is 8.94. The zero-order valence-corrected chi connectivity index (χ0v) is 29.9. The Balaban J connectivity index is 0. The molecule has 0 radical (unpaired) electrons. The molecule has 0 nitrogen and oxygen atoms in total. The second kappa shape index (κ2) is 34.1. The molecule has 0 rings (SSSR count). The summed E-state index contributed by atoms with van der Waals surface area (Å²) in [6.07, 6.45) is 48.1. The summed E-state index contributed by atoms with van der Waals surface area (Å²) in [6.45, 7) is 9.40. The number of unbranched alkanes of at least 4 members (excludes halogenated alkanes) is 24. The molecule has 0 aliphatic carbocycles. The van der Waals surface area contributed by atoms with Crippen molar-refractivity contribution in [1.29, 1.82) is 0 Å². The minimum Gasteiger partial charge on any atom is -1.00 e. The van der Waals surface area contributed by atoms with Crippen LogP contribution in [0.1, 0.15) is 207 Å². The van der Waals surface area contributed by atoms with Crippen molar-refractivity contribution in [3.05, 3.63) is 0 Å². The van der Waals surface area contributed by atoms with Crippen molar-refractivity contribution in [3.8, 4) is 0 Å². The maximum absolute atomic E-state index is 2.38. The van der Waals surface area contributed by atoms with Gasteiger partial charge in [-0.2, -0.15) is 0 Å². The highest BCUT2D eigenvalue weighted by Crippen LogP contribution is 2.61. The number of hydrogen-bond donors (Lipinski definition) is 0. The summed E-state index contributed by atoms with van der Waals surface area (Å²) in [5.41, 5.74) is 0. The molecular formula is C36H76BrP. The lowest BCUT2D eigenvalue weighted by molar-refractivity contribution is -0.00000843. The molecule has 0 N–H and O–H groups in total.